The highest BCUT2D eigenvalue weighted by molar-refractivity contribution is 5.96. The molecular weight excluding hydrogens is 246 g/mol. The number of carbonyl (C=O) groups excluding carboxylic acids is 1. The highest BCUT2D eigenvalue weighted by Crippen LogP contribution is 2.17. The maximum absolute atomic E-state index is 12.0. The lowest BCUT2D eigenvalue weighted by atomic mass is 10.0. The number of amides is 1. The van der Waals surface area contributed by atoms with Gasteiger partial charge in [0.2, 0.25) is 5.91 Å². The van der Waals surface area contributed by atoms with Crippen LogP contribution in [0.25, 0.3) is 11.1 Å². The second-order valence-corrected chi connectivity index (χ2v) is 4.72. The summed E-state index contributed by atoms with van der Waals surface area (Å²) in [5.74, 6) is -0.530. The van der Waals surface area contributed by atoms with Gasteiger partial charge < -0.3 is 15.1 Å². The van der Waals surface area contributed by atoms with Crippen LogP contribution in [0.15, 0.2) is 27.4 Å². The van der Waals surface area contributed by atoms with E-state index in [2.05, 4.69) is 15.6 Å². The largest absolute Gasteiger partial charge is 0.417 e. The van der Waals surface area contributed by atoms with E-state index in [-0.39, 0.29) is 11.9 Å². The third kappa shape index (κ3) is 2.53. The Morgan fingerprint density at radius 1 is 1.37 bits per heavy atom. The summed E-state index contributed by atoms with van der Waals surface area (Å²) < 4.78 is 4.91. The molecule has 0 saturated carbocycles. The van der Waals surface area contributed by atoms with Crippen molar-refractivity contribution in [3.05, 3.63) is 28.7 Å². The van der Waals surface area contributed by atoms with Crippen LogP contribution in [0.2, 0.25) is 0 Å². The fourth-order valence-electron chi connectivity index (χ4n) is 2.33. The molecule has 1 unspecified atom stereocenters. The van der Waals surface area contributed by atoms with Gasteiger partial charge in [-0.3, -0.25) is 9.78 Å². The van der Waals surface area contributed by atoms with Crippen LogP contribution in [0.4, 0.5) is 5.69 Å². The fourth-order valence-corrected chi connectivity index (χ4v) is 2.33. The molecule has 1 fully saturated rings. The van der Waals surface area contributed by atoms with E-state index in [1.54, 1.807) is 18.2 Å². The molecule has 6 heteroatoms. The summed E-state index contributed by atoms with van der Waals surface area (Å²) in [6.07, 6.45) is 3.04. The van der Waals surface area contributed by atoms with Crippen LogP contribution in [-0.4, -0.2) is 23.5 Å². The minimum Gasteiger partial charge on any atom is -0.408 e. The van der Waals surface area contributed by atoms with Crippen LogP contribution in [0.1, 0.15) is 19.3 Å². The van der Waals surface area contributed by atoms with Gasteiger partial charge in [0, 0.05) is 5.69 Å². The molecule has 1 aliphatic heterocycles. The third-order valence-corrected chi connectivity index (χ3v) is 3.31. The molecule has 2 heterocycles. The molecule has 0 radical (unpaired) electrons. The SMILES string of the molecule is O=C(Nc1ccc2oc(=O)[nH]c2c1)C1CCCCN1. The van der Waals surface area contributed by atoms with E-state index >= 15 is 0 Å². The standard InChI is InChI=1S/C13H15N3O3/c17-12(9-3-1-2-6-14-9)15-8-4-5-11-10(7-8)16-13(18)19-11/h4-5,7,9,14H,1-3,6H2,(H,15,17)(H,16,18). The smallest absolute Gasteiger partial charge is 0.408 e. The molecule has 1 aromatic carbocycles. The number of oxazole rings is 1. The van der Waals surface area contributed by atoms with Crippen molar-refractivity contribution in [1.29, 1.82) is 0 Å². The van der Waals surface area contributed by atoms with Crippen molar-refractivity contribution in [2.24, 2.45) is 0 Å². The van der Waals surface area contributed by atoms with Crippen LogP contribution < -0.4 is 16.4 Å². The Labute approximate surface area is 109 Å². The first-order valence-electron chi connectivity index (χ1n) is 6.39. The third-order valence-electron chi connectivity index (χ3n) is 3.31. The normalized spacial score (nSPS) is 19.5. The molecule has 0 spiro atoms. The van der Waals surface area contributed by atoms with Crippen molar-refractivity contribution in [2.45, 2.75) is 25.3 Å². The van der Waals surface area contributed by atoms with E-state index in [9.17, 15) is 9.59 Å². The number of nitrogens with one attached hydrogen (secondary N) is 3. The minimum absolute atomic E-state index is 0.0371. The predicted octanol–water partition coefficient (Wildman–Crippen LogP) is 1.20. The quantitative estimate of drug-likeness (QED) is 0.758. The number of anilines is 1. The van der Waals surface area contributed by atoms with Gasteiger partial charge >= 0.3 is 5.76 Å². The molecule has 19 heavy (non-hydrogen) atoms. The summed E-state index contributed by atoms with van der Waals surface area (Å²) in [7, 11) is 0. The highest BCUT2D eigenvalue weighted by atomic mass is 16.4. The lowest BCUT2D eigenvalue weighted by Gasteiger charge is -2.22. The number of H-pyrrole nitrogens is 1. The van der Waals surface area contributed by atoms with E-state index in [1.165, 1.54) is 0 Å². The molecular formula is C13H15N3O3. The molecule has 2 aromatic rings. The summed E-state index contributed by atoms with van der Waals surface area (Å²) >= 11 is 0. The first-order valence-corrected chi connectivity index (χ1v) is 6.39. The lowest BCUT2D eigenvalue weighted by Crippen LogP contribution is -2.43. The average Bonchev–Trinajstić information content (AvgIpc) is 2.79. The molecule has 100 valence electrons. The number of carbonyl (C=O) groups is 1. The summed E-state index contributed by atoms with van der Waals surface area (Å²) in [4.78, 5) is 25.7. The predicted molar refractivity (Wildman–Crippen MR) is 71.1 cm³/mol. The van der Waals surface area contributed by atoms with Crippen LogP contribution >= 0.6 is 0 Å². The van der Waals surface area contributed by atoms with Crippen molar-refractivity contribution in [1.82, 2.24) is 10.3 Å². The summed E-state index contributed by atoms with van der Waals surface area (Å²) in [5.41, 5.74) is 1.72. The first kappa shape index (κ1) is 12.0. The molecule has 1 aromatic heterocycles. The Bertz CT molecular complexity index is 652. The maximum Gasteiger partial charge on any atom is 0.417 e. The van der Waals surface area contributed by atoms with Crippen molar-refractivity contribution in [3.8, 4) is 0 Å². The number of hydrogen-bond acceptors (Lipinski definition) is 4. The summed E-state index contributed by atoms with van der Waals surface area (Å²) in [5, 5.41) is 6.04. The van der Waals surface area contributed by atoms with Gasteiger partial charge in [0.05, 0.1) is 11.6 Å². The van der Waals surface area contributed by atoms with Gasteiger partial charge in [-0.2, -0.15) is 0 Å². The Morgan fingerprint density at radius 2 is 2.26 bits per heavy atom. The number of aromatic nitrogens is 1. The molecule has 6 nitrogen and oxygen atoms in total. The molecule has 1 aliphatic rings. The maximum atomic E-state index is 12.0. The van der Waals surface area contributed by atoms with Gasteiger partial charge in [-0.05, 0) is 37.6 Å². The number of hydrogen-bond donors (Lipinski definition) is 3. The number of rotatable bonds is 2. The molecule has 3 rings (SSSR count). The molecule has 0 bridgehead atoms. The first-order chi connectivity index (χ1) is 9.22. The molecule has 3 N–H and O–H groups in total. The van der Waals surface area contributed by atoms with E-state index in [1.807, 2.05) is 0 Å². The number of aromatic amines is 1. The Hall–Kier alpha value is -2.08. The average molecular weight is 261 g/mol. The number of piperidine rings is 1. The van der Waals surface area contributed by atoms with Gasteiger partial charge in [0.25, 0.3) is 0 Å². The summed E-state index contributed by atoms with van der Waals surface area (Å²) in [6.45, 7) is 0.881. The highest BCUT2D eigenvalue weighted by Gasteiger charge is 2.20. The zero-order chi connectivity index (χ0) is 13.2. The van der Waals surface area contributed by atoms with Gasteiger partial charge in [0.15, 0.2) is 5.58 Å². The second-order valence-electron chi connectivity index (χ2n) is 4.72. The molecule has 1 saturated heterocycles. The topological polar surface area (TPSA) is 87.1 Å². The van der Waals surface area contributed by atoms with Crippen molar-refractivity contribution in [3.63, 3.8) is 0 Å². The zero-order valence-corrected chi connectivity index (χ0v) is 10.4. The number of benzene rings is 1. The second kappa shape index (κ2) is 4.89. The van der Waals surface area contributed by atoms with E-state index in [0.29, 0.717) is 16.8 Å². The van der Waals surface area contributed by atoms with Gasteiger partial charge in [-0.15, -0.1) is 0 Å². The Morgan fingerprint density at radius 3 is 3.05 bits per heavy atom. The van der Waals surface area contributed by atoms with Crippen molar-refractivity contribution >= 4 is 22.7 Å². The molecule has 1 atom stereocenters. The Balaban J connectivity index is 1.76. The van der Waals surface area contributed by atoms with Crippen LogP contribution in [0.3, 0.4) is 0 Å². The molecule has 1 amide bonds. The van der Waals surface area contributed by atoms with Crippen molar-refractivity contribution in [2.75, 3.05) is 11.9 Å². The number of fused-ring (bicyclic) bond motifs is 1. The van der Waals surface area contributed by atoms with Crippen LogP contribution in [-0.2, 0) is 4.79 Å². The Kier molecular flexibility index (Phi) is 3.08. The molecule has 0 aliphatic carbocycles. The van der Waals surface area contributed by atoms with Crippen molar-refractivity contribution < 1.29 is 9.21 Å². The van der Waals surface area contributed by atoms with E-state index in [4.69, 9.17) is 4.42 Å². The zero-order valence-electron chi connectivity index (χ0n) is 10.4. The van der Waals surface area contributed by atoms with Crippen LogP contribution in [0.5, 0.6) is 0 Å². The fraction of sp³-hybridized carbons (Fsp3) is 0.385. The monoisotopic (exact) mass is 261 g/mol. The minimum atomic E-state index is -0.493. The van der Waals surface area contributed by atoms with Crippen LogP contribution in [0, 0.1) is 0 Å². The van der Waals surface area contributed by atoms with Gasteiger partial charge in [-0.1, -0.05) is 6.42 Å². The summed E-state index contributed by atoms with van der Waals surface area (Å²) in [6, 6.07) is 4.95. The van der Waals surface area contributed by atoms with Gasteiger partial charge in [0.1, 0.15) is 0 Å². The van der Waals surface area contributed by atoms with E-state index < -0.39 is 5.76 Å². The lowest BCUT2D eigenvalue weighted by molar-refractivity contribution is -0.118. The van der Waals surface area contributed by atoms with Gasteiger partial charge in [-0.25, -0.2) is 4.79 Å². The van der Waals surface area contributed by atoms with E-state index in [0.717, 1.165) is 25.8 Å².